The van der Waals surface area contributed by atoms with Crippen LogP contribution in [0.3, 0.4) is 0 Å². The summed E-state index contributed by atoms with van der Waals surface area (Å²) in [5.74, 6) is 2.36. The summed E-state index contributed by atoms with van der Waals surface area (Å²) < 4.78 is 7.24. The van der Waals surface area contributed by atoms with E-state index in [4.69, 9.17) is 16.1 Å². The lowest BCUT2D eigenvalue weighted by Gasteiger charge is -2.00. The number of hydrogen-bond acceptors (Lipinski definition) is 8. The van der Waals surface area contributed by atoms with Crippen LogP contribution >= 0.6 is 34.7 Å². The molecular formula is C15H11ClN6OS2. The van der Waals surface area contributed by atoms with E-state index in [-0.39, 0.29) is 0 Å². The number of aromatic nitrogens is 6. The number of hydrogen-bond donors (Lipinski definition) is 0. The van der Waals surface area contributed by atoms with Gasteiger partial charge in [-0.3, -0.25) is 0 Å². The van der Waals surface area contributed by atoms with Crippen LogP contribution in [0.4, 0.5) is 0 Å². The molecule has 4 aromatic rings. The van der Waals surface area contributed by atoms with Crippen molar-refractivity contribution in [1.29, 1.82) is 0 Å². The predicted octanol–water partition coefficient (Wildman–Crippen LogP) is 3.93. The standard InChI is InChI=1S/C15H11ClN6OS2/c1-22-13(10-3-2-6-24-10)19-20-15(22)25-8-12-18-14(23-21-12)9-4-5-17-11(16)7-9/h2-7H,8H2,1H3. The third-order valence-electron chi connectivity index (χ3n) is 3.35. The van der Waals surface area contributed by atoms with E-state index in [9.17, 15) is 0 Å². The topological polar surface area (TPSA) is 82.5 Å². The molecule has 7 nitrogen and oxygen atoms in total. The van der Waals surface area contributed by atoms with Crippen LogP contribution in [0.15, 0.2) is 45.5 Å². The Labute approximate surface area is 156 Å². The van der Waals surface area contributed by atoms with Crippen molar-refractivity contribution in [2.24, 2.45) is 7.05 Å². The molecule has 0 fully saturated rings. The Hall–Kier alpha value is -2.23. The highest BCUT2D eigenvalue weighted by atomic mass is 35.5. The highest BCUT2D eigenvalue weighted by molar-refractivity contribution is 7.98. The molecule has 0 amide bonds. The second-order valence-corrected chi connectivity index (χ2v) is 7.29. The number of thiophene rings is 1. The largest absolute Gasteiger partial charge is 0.334 e. The number of thioether (sulfide) groups is 1. The van der Waals surface area contributed by atoms with Crippen molar-refractivity contribution < 1.29 is 4.52 Å². The SMILES string of the molecule is Cn1c(SCc2noc(-c3ccnc(Cl)c3)n2)nnc1-c1cccs1. The fourth-order valence-corrected chi connectivity index (χ4v) is 3.83. The van der Waals surface area contributed by atoms with Gasteiger partial charge in [-0.1, -0.05) is 34.6 Å². The second kappa shape index (κ2) is 6.95. The monoisotopic (exact) mass is 390 g/mol. The van der Waals surface area contributed by atoms with Gasteiger partial charge in [-0.2, -0.15) is 4.98 Å². The summed E-state index contributed by atoms with van der Waals surface area (Å²) in [6, 6.07) is 7.47. The van der Waals surface area contributed by atoms with Crippen molar-refractivity contribution in [3.63, 3.8) is 0 Å². The summed E-state index contributed by atoms with van der Waals surface area (Å²) in [4.78, 5) is 9.40. The summed E-state index contributed by atoms with van der Waals surface area (Å²) in [6.07, 6.45) is 1.60. The molecule has 0 radical (unpaired) electrons. The fourth-order valence-electron chi connectivity index (χ4n) is 2.16. The normalized spacial score (nSPS) is 11.1. The van der Waals surface area contributed by atoms with Crippen molar-refractivity contribution in [2.45, 2.75) is 10.9 Å². The third-order valence-corrected chi connectivity index (χ3v) is 5.44. The Kier molecular flexibility index (Phi) is 4.51. The average molecular weight is 391 g/mol. The van der Waals surface area contributed by atoms with Gasteiger partial charge in [-0.15, -0.1) is 21.5 Å². The van der Waals surface area contributed by atoms with Gasteiger partial charge in [0.05, 0.1) is 10.6 Å². The quantitative estimate of drug-likeness (QED) is 0.377. The van der Waals surface area contributed by atoms with E-state index in [1.54, 1.807) is 29.7 Å². The van der Waals surface area contributed by atoms with Gasteiger partial charge in [-0.25, -0.2) is 4.98 Å². The highest BCUT2D eigenvalue weighted by Crippen LogP contribution is 2.27. The summed E-state index contributed by atoms with van der Waals surface area (Å²) >= 11 is 9.01. The van der Waals surface area contributed by atoms with Crippen LogP contribution in [0.5, 0.6) is 0 Å². The van der Waals surface area contributed by atoms with Crippen molar-refractivity contribution >= 4 is 34.7 Å². The van der Waals surface area contributed by atoms with E-state index >= 15 is 0 Å². The third kappa shape index (κ3) is 3.44. The van der Waals surface area contributed by atoms with Crippen LogP contribution in [0.2, 0.25) is 5.15 Å². The summed E-state index contributed by atoms with van der Waals surface area (Å²) in [5.41, 5.74) is 0.738. The molecule has 0 aliphatic heterocycles. The van der Waals surface area contributed by atoms with Crippen molar-refractivity contribution in [3.05, 3.63) is 46.8 Å². The Morgan fingerprint density at radius 1 is 1.32 bits per heavy atom. The van der Waals surface area contributed by atoms with Crippen LogP contribution in [0.1, 0.15) is 5.82 Å². The van der Waals surface area contributed by atoms with Crippen LogP contribution < -0.4 is 0 Å². The Balaban J connectivity index is 1.48. The van der Waals surface area contributed by atoms with E-state index in [1.807, 2.05) is 29.1 Å². The maximum atomic E-state index is 5.88. The van der Waals surface area contributed by atoms with Gasteiger partial charge < -0.3 is 9.09 Å². The van der Waals surface area contributed by atoms with E-state index in [0.717, 1.165) is 21.4 Å². The predicted molar refractivity (Wildman–Crippen MR) is 96.4 cm³/mol. The zero-order valence-corrected chi connectivity index (χ0v) is 15.3. The molecule has 0 aliphatic rings. The minimum absolute atomic E-state index is 0.381. The van der Waals surface area contributed by atoms with Crippen molar-refractivity contribution in [3.8, 4) is 22.2 Å². The lowest BCUT2D eigenvalue weighted by Crippen LogP contribution is -1.94. The molecule has 0 N–H and O–H groups in total. The molecule has 4 heterocycles. The van der Waals surface area contributed by atoms with Gasteiger partial charge in [0.1, 0.15) is 5.15 Å². The molecule has 0 bridgehead atoms. The van der Waals surface area contributed by atoms with Gasteiger partial charge in [0, 0.05) is 18.8 Å². The van der Waals surface area contributed by atoms with Gasteiger partial charge in [0.25, 0.3) is 5.89 Å². The molecule has 0 saturated carbocycles. The molecule has 4 aromatic heterocycles. The minimum atomic E-state index is 0.381. The molecule has 0 unspecified atom stereocenters. The average Bonchev–Trinajstić information content (AvgIpc) is 3.34. The molecular weight excluding hydrogens is 380 g/mol. The van der Waals surface area contributed by atoms with Crippen LogP contribution in [-0.2, 0) is 12.8 Å². The Bertz CT molecular complexity index is 997. The van der Waals surface area contributed by atoms with E-state index in [1.165, 1.54) is 11.8 Å². The summed E-state index contributed by atoms with van der Waals surface area (Å²) in [5, 5.41) is 15.7. The fraction of sp³-hybridized carbons (Fsp3) is 0.133. The summed E-state index contributed by atoms with van der Waals surface area (Å²) in [7, 11) is 1.94. The van der Waals surface area contributed by atoms with E-state index < -0.39 is 0 Å². The van der Waals surface area contributed by atoms with Gasteiger partial charge in [0.2, 0.25) is 0 Å². The van der Waals surface area contributed by atoms with Gasteiger partial charge >= 0.3 is 0 Å². The van der Waals surface area contributed by atoms with Crippen LogP contribution in [0, 0.1) is 0 Å². The number of rotatable bonds is 5. The molecule has 0 spiro atoms. The van der Waals surface area contributed by atoms with Crippen LogP contribution in [0.25, 0.3) is 22.2 Å². The minimum Gasteiger partial charge on any atom is -0.334 e. The maximum Gasteiger partial charge on any atom is 0.258 e. The van der Waals surface area contributed by atoms with E-state index in [0.29, 0.717) is 22.6 Å². The number of nitrogens with zero attached hydrogens (tertiary/aromatic N) is 6. The van der Waals surface area contributed by atoms with E-state index in [2.05, 4.69) is 25.3 Å². The maximum absolute atomic E-state index is 5.88. The van der Waals surface area contributed by atoms with Crippen molar-refractivity contribution in [1.82, 2.24) is 29.9 Å². The Morgan fingerprint density at radius 2 is 2.24 bits per heavy atom. The Morgan fingerprint density at radius 3 is 3.04 bits per heavy atom. The molecule has 25 heavy (non-hydrogen) atoms. The van der Waals surface area contributed by atoms with Gasteiger partial charge in [-0.05, 0) is 23.6 Å². The number of halogens is 1. The summed E-state index contributed by atoms with van der Waals surface area (Å²) in [6.45, 7) is 0. The first kappa shape index (κ1) is 16.2. The lowest BCUT2D eigenvalue weighted by atomic mass is 10.3. The second-order valence-electron chi connectivity index (χ2n) is 5.01. The molecule has 4 rings (SSSR count). The molecule has 0 atom stereocenters. The molecule has 126 valence electrons. The zero-order chi connectivity index (χ0) is 17.2. The highest BCUT2D eigenvalue weighted by Gasteiger charge is 2.14. The molecule has 0 aromatic carbocycles. The first-order valence-electron chi connectivity index (χ1n) is 7.21. The molecule has 0 saturated heterocycles. The zero-order valence-electron chi connectivity index (χ0n) is 13.0. The van der Waals surface area contributed by atoms with Crippen LogP contribution in [-0.4, -0.2) is 29.9 Å². The van der Waals surface area contributed by atoms with Gasteiger partial charge in [0.15, 0.2) is 16.8 Å². The lowest BCUT2D eigenvalue weighted by molar-refractivity contribution is 0.425. The first-order chi connectivity index (χ1) is 12.2. The molecule has 10 heteroatoms. The van der Waals surface area contributed by atoms with Crippen molar-refractivity contribution in [2.75, 3.05) is 0 Å². The molecule has 0 aliphatic carbocycles. The number of pyridine rings is 1. The smallest absolute Gasteiger partial charge is 0.258 e. The first-order valence-corrected chi connectivity index (χ1v) is 9.45.